The van der Waals surface area contributed by atoms with Crippen molar-refractivity contribution in [1.82, 2.24) is 0 Å². The van der Waals surface area contributed by atoms with Gasteiger partial charge in [0.05, 0.1) is 5.92 Å². The normalized spacial score (nSPS) is 28.1. The molecule has 0 saturated heterocycles. The largest absolute Gasteiger partial charge is 0.294 e. The van der Waals surface area contributed by atoms with Crippen LogP contribution in [0.5, 0.6) is 0 Å². The minimum atomic E-state index is -0.861. The fourth-order valence-corrected chi connectivity index (χ4v) is 2.57. The van der Waals surface area contributed by atoms with Crippen molar-refractivity contribution >= 4 is 17.8 Å². The highest BCUT2D eigenvalue weighted by molar-refractivity contribution is 6.02. The fraction of sp³-hybridized carbons (Fsp3) is 0.312. The first-order valence-corrected chi connectivity index (χ1v) is 7.55. The molecule has 1 aliphatic carbocycles. The molecule has 0 fully saturated rings. The van der Waals surface area contributed by atoms with Crippen molar-refractivity contribution in [3.05, 3.63) is 58.2 Å². The van der Waals surface area contributed by atoms with Crippen LogP contribution in [-0.2, 0) is 4.79 Å². The number of nitrogens with zero attached hydrogens (tertiary/aromatic N) is 5. The van der Waals surface area contributed by atoms with Gasteiger partial charge in [0.1, 0.15) is 6.04 Å². The standard InChI is InChI=1S/C16H15N5O3/c22-15-7-6-13(21(23)24)8-12(15)10-17-19-16-9-14(18-20-16)11-4-2-1-3-5-11/h1-7,10,12-14H,8-9H2/b17-10-,19-16-/t12-,13+,14+/m0/s1. The summed E-state index contributed by atoms with van der Waals surface area (Å²) >= 11 is 0. The number of benzene rings is 1. The molecule has 0 unspecified atom stereocenters. The highest BCUT2D eigenvalue weighted by Gasteiger charge is 2.29. The van der Waals surface area contributed by atoms with Gasteiger partial charge in [-0.25, -0.2) is 0 Å². The van der Waals surface area contributed by atoms with Crippen LogP contribution in [0.2, 0.25) is 0 Å². The Morgan fingerprint density at radius 3 is 2.83 bits per heavy atom. The van der Waals surface area contributed by atoms with E-state index in [1.165, 1.54) is 18.4 Å². The van der Waals surface area contributed by atoms with E-state index in [0.29, 0.717) is 12.3 Å². The number of allylic oxidation sites excluding steroid dienone is 1. The summed E-state index contributed by atoms with van der Waals surface area (Å²) in [7, 11) is 0. The summed E-state index contributed by atoms with van der Waals surface area (Å²) in [5, 5.41) is 26.8. The van der Waals surface area contributed by atoms with Gasteiger partial charge in [-0.2, -0.15) is 10.2 Å². The minimum Gasteiger partial charge on any atom is -0.294 e. The first kappa shape index (κ1) is 15.9. The van der Waals surface area contributed by atoms with Crippen molar-refractivity contribution in [2.24, 2.45) is 26.3 Å². The molecule has 0 aromatic heterocycles. The molecule has 0 saturated carbocycles. The molecule has 3 atom stereocenters. The van der Waals surface area contributed by atoms with Crippen LogP contribution in [0, 0.1) is 16.0 Å². The predicted octanol–water partition coefficient (Wildman–Crippen LogP) is 2.76. The quantitative estimate of drug-likeness (QED) is 0.482. The molecule has 24 heavy (non-hydrogen) atoms. The Bertz CT molecular complexity index is 754. The number of rotatable bonds is 4. The third-order valence-electron chi connectivity index (χ3n) is 3.91. The molecule has 1 aliphatic heterocycles. The maximum Gasteiger partial charge on any atom is 0.232 e. The van der Waals surface area contributed by atoms with Crippen LogP contribution in [0.15, 0.2) is 62.9 Å². The van der Waals surface area contributed by atoms with Crippen molar-refractivity contribution in [1.29, 1.82) is 0 Å². The zero-order chi connectivity index (χ0) is 16.9. The number of ketones is 1. The molecule has 0 spiro atoms. The monoisotopic (exact) mass is 325 g/mol. The van der Waals surface area contributed by atoms with Gasteiger partial charge >= 0.3 is 0 Å². The Morgan fingerprint density at radius 2 is 2.08 bits per heavy atom. The van der Waals surface area contributed by atoms with Crippen LogP contribution in [0.3, 0.4) is 0 Å². The minimum absolute atomic E-state index is 0.0711. The highest BCUT2D eigenvalue weighted by atomic mass is 16.6. The average Bonchev–Trinajstić information content (AvgIpc) is 3.06. The molecule has 0 radical (unpaired) electrons. The number of hydrogen-bond donors (Lipinski definition) is 0. The smallest absolute Gasteiger partial charge is 0.232 e. The third-order valence-corrected chi connectivity index (χ3v) is 3.91. The highest BCUT2D eigenvalue weighted by Crippen LogP contribution is 2.27. The van der Waals surface area contributed by atoms with Crippen LogP contribution in [0.25, 0.3) is 0 Å². The molecular formula is C16H15N5O3. The number of nitro groups is 1. The average molecular weight is 325 g/mol. The second-order valence-electron chi connectivity index (χ2n) is 5.58. The summed E-state index contributed by atoms with van der Waals surface area (Å²) in [6.45, 7) is 0. The number of carbonyl (C=O) groups excluding carboxylic acids is 1. The van der Waals surface area contributed by atoms with Crippen molar-refractivity contribution in [3.8, 4) is 0 Å². The number of azo groups is 1. The maximum atomic E-state index is 11.7. The van der Waals surface area contributed by atoms with E-state index < -0.39 is 16.9 Å². The fourth-order valence-electron chi connectivity index (χ4n) is 2.57. The molecule has 0 amide bonds. The molecule has 1 aromatic carbocycles. The van der Waals surface area contributed by atoms with E-state index in [2.05, 4.69) is 20.4 Å². The lowest BCUT2D eigenvalue weighted by atomic mass is 9.91. The summed E-state index contributed by atoms with van der Waals surface area (Å²) in [6, 6.07) is 8.82. The molecule has 1 heterocycles. The zero-order valence-electron chi connectivity index (χ0n) is 12.7. The van der Waals surface area contributed by atoms with E-state index >= 15 is 0 Å². The number of hydrogen-bond acceptors (Lipinski definition) is 6. The van der Waals surface area contributed by atoms with Crippen LogP contribution >= 0.6 is 0 Å². The van der Waals surface area contributed by atoms with Gasteiger partial charge in [-0.05, 0) is 17.7 Å². The van der Waals surface area contributed by atoms with Crippen molar-refractivity contribution < 1.29 is 9.72 Å². The van der Waals surface area contributed by atoms with E-state index in [1.807, 2.05) is 30.3 Å². The Labute approximate surface area is 137 Å². The van der Waals surface area contributed by atoms with Gasteiger partial charge in [-0.15, -0.1) is 10.2 Å². The second-order valence-corrected chi connectivity index (χ2v) is 5.58. The lowest BCUT2D eigenvalue weighted by Crippen LogP contribution is -2.29. The Kier molecular flexibility index (Phi) is 4.64. The first-order chi connectivity index (χ1) is 11.6. The lowest BCUT2D eigenvalue weighted by Gasteiger charge is -2.14. The maximum absolute atomic E-state index is 11.7. The van der Waals surface area contributed by atoms with Crippen molar-refractivity contribution in [3.63, 3.8) is 0 Å². The number of amidine groups is 1. The molecular weight excluding hydrogens is 310 g/mol. The summed E-state index contributed by atoms with van der Waals surface area (Å²) in [6.07, 6.45) is 4.54. The van der Waals surface area contributed by atoms with E-state index in [1.54, 1.807) is 0 Å². The van der Waals surface area contributed by atoms with Gasteiger partial charge in [-0.1, -0.05) is 30.3 Å². The Hall–Kier alpha value is -3.03. The molecule has 8 nitrogen and oxygen atoms in total. The van der Waals surface area contributed by atoms with Crippen LogP contribution in [0.4, 0.5) is 0 Å². The molecule has 0 bridgehead atoms. The van der Waals surface area contributed by atoms with E-state index in [9.17, 15) is 14.9 Å². The van der Waals surface area contributed by atoms with Gasteiger partial charge in [0, 0.05) is 24.0 Å². The zero-order valence-corrected chi connectivity index (χ0v) is 12.7. The van der Waals surface area contributed by atoms with Gasteiger partial charge in [0.2, 0.25) is 6.04 Å². The molecule has 2 aliphatic rings. The van der Waals surface area contributed by atoms with E-state index in [-0.39, 0.29) is 18.2 Å². The molecule has 122 valence electrons. The Balaban J connectivity index is 1.61. The van der Waals surface area contributed by atoms with Crippen LogP contribution in [0.1, 0.15) is 24.4 Å². The summed E-state index contributed by atoms with van der Waals surface area (Å²) in [4.78, 5) is 22.1. The predicted molar refractivity (Wildman–Crippen MR) is 87.6 cm³/mol. The summed E-state index contributed by atoms with van der Waals surface area (Å²) in [5.74, 6) is -0.352. The van der Waals surface area contributed by atoms with Gasteiger partial charge < -0.3 is 0 Å². The molecule has 0 N–H and O–H groups in total. The lowest BCUT2D eigenvalue weighted by molar-refractivity contribution is -0.510. The van der Waals surface area contributed by atoms with E-state index in [0.717, 1.165) is 5.56 Å². The molecule has 8 heteroatoms. The van der Waals surface area contributed by atoms with Crippen molar-refractivity contribution in [2.45, 2.75) is 24.9 Å². The van der Waals surface area contributed by atoms with Gasteiger partial charge in [-0.3, -0.25) is 14.9 Å². The van der Waals surface area contributed by atoms with E-state index in [4.69, 9.17) is 0 Å². The second kappa shape index (κ2) is 7.03. The molecule has 1 aromatic rings. The summed E-state index contributed by atoms with van der Waals surface area (Å²) < 4.78 is 0. The van der Waals surface area contributed by atoms with Crippen LogP contribution < -0.4 is 0 Å². The topological polar surface area (TPSA) is 110 Å². The van der Waals surface area contributed by atoms with Gasteiger partial charge in [0.25, 0.3) is 0 Å². The number of carbonyl (C=O) groups is 1. The summed E-state index contributed by atoms with van der Waals surface area (Å²) in [5.41, 5.74) is 1.05. The first-order valence-electron chi connectivity index (χ1n) is 7.55. The Morgan fingerprint density at radius 1 is 1.29 bits per heavy atom. The van der Waals surface area contributed by atoms with Gasteiger partial charge in [0.15, 0.2) is 11.6 Å². The third kappa shape index (κ3) is 3.65. The van der Waals surface area contributed by atoms with Crippen molar-refractivity contribution in [2.75, 3.05) is 0 Å². The van der Waals surface area contributed by atoms with Crippen LogP contribution in [-0.4, -0.2) is 28.8 Å². The molecule has 3 rings (SSSR count). The SMILES string of the molecule is O=C1C=C[C@@H]([N+](=O)[O-])C[C@H]1/C=N\N=C1\C[C@H](c2ccccc2)N=N1.